The number of pyridine rings is 1. The minimum absolute atomic E-state index is 0.188. The van der Waals surface area contributed by atoms with Crippen molar-refractivity contribution in [2.75, 3.05) is 12.5 Å². The number of ether oxygens (including phenoxy) is 1. The molecule has 1 rings (SSSR count). The van der Waals surface area contributed by atoms with E-state index in [0.29, 0.717) is 19.1 Å². The highest BCUT2D eigenvalue weighted by Gasteiger charge is 2.37. The van der Waals surface area contributed by atoms with Crippen LogP contribution < -0.4 is 4.74 Å². The Labute approximate surface area is 128 Å². The van der Waals surface area contributed by atoms with E-state index in [1.807, 2.05) is 19.1 Å². The van der Waals surface area contributed by atoms with Crippen molar-refractivity contribution in [3.05, 3.63) is 23.5 Å². The predicted molar refractivity (Wildman–Crippen MR) is 87.2 cm³/mol. The average molecular weight is 316 g/mol. The SMILES string of the molecule is Cc1ccc(OCCCl)c(CO[Si](C)(C)C(C)(C)C)n1. The first-order chi connectivity index (χ1) is 9.17. The van der Waals surface area contributed by atoms with Crippen molar-refractivity contribution in [2.45, 2.75) is 52.4 Å². The van der Waals surface area contributed by atoms with Gasteiger partial charge in [-0.1, -0.05) is 20.8 Å². The van der Waals surface area contributed by atoms with Crippen LogP contribution in [0.25, 0.3) is 0 Å². The van der Waals surface area contributed by atoms with Crippen LogP contribution in [0.5, 0.6) is 5.75 Å². The lowest BCUT2D eigenvalue weighted by Gasteiger charge is -2.36. The van der Waals surface area contributed by atoms with Crippen LogP contribution in [0.15, 0.2) is 12.1 Å². The molecule has 0 aliphatic rings. The second kappa shape index (κ2) is 6.92. The topological polar surface area (TPSA) is 31.4 Å². The highest BCUT2D eigenvalue weighted by Crippen LogP contribution is 2.37. The van der Waals surface area contributed by atoms with E-state index < -0.39 is 8.32 Å². The molecule has 0 amide bonds. The summed E-state index contributed by atoms with van der Waals surface area (Å²) in [6.07, 6.45) is 0. The summed E-state index contributed by atoms with van der Waals surface area (Å²) in [5, 5.41) is 0.188. The quantitative estimate of drug-likeness (QED) is 0.571. The summed E-state index contributed by atoms with van der Waals surface area (Å²) < 4.78 is 11.9. The summed E-state index contributed by atoms with van der Waals surface area (Å²) >= 11 is 5.67. The Morgan fingerprint density at radius 1 is 1.25 bits per heavy atom. The van der Waals surface area contributed by atoms with Crippen LogP contribution in [-0.2, 0) is 11.0 Å². The molecule has 3 nitrogen and oxygen atoms in total. The van der Waals surface area contributed by atoms with Gasteiger partial charge in [-0.15, -0.1) is 11.6 Å². The van der Waals surface area contributed by atoms with Gasteiger partial charge in [-0.3, -0.25) is 4.98 Å². The predicted octanol–water partition coefficient (Wildman–Crippen LogP) is 4.53. The highest BCUT2D eigenvalue weighted by atomic mass is 35.5. The number of halogens is 1. The lowest BCUT2D eigenvalue weighted by atomic mass is 10.2. The molecule has 5 heteroatoms. The monoisotopic (exact) mass is 315 g/mol. The van der Waals surface area contributed by atoms with Crippen LogP contribution in [-0.4, -0.2) is 25.8 Å². The second-order valence-electron chi connectivity index (χ2n) is 6.48. The van der Waals surface area contributed by atoms with Crippen LogP contribution in [0, 0.1) is 6.92 Å². The van der Waals surface area contributed by atoms with Gasteiger partial charge in [0.2, 0.25) is 0 Å². The van der Waals surface area contributed by atoms with Crippen LogP contribution in [0.2, 0.25) is 18.1 Å². The van der Waals surface area contributed by atoms with Gasteiger partial charge in [-0.05, 0) is 37.2 Å². The molecule has 0 aliphatic carbocycles. The molecule has 0 N–H and O–H groups in total. The zero-order valence-electron chi connectivity index (χ0n) is 13.4. The molecule has 0 saturated carbocycles. The van der Waals surface area contributed by atoms with Crippen molar-refractivity contribution < 1.29 is 9.16 Å². The molecule has 0 aliphatic heterocycles. The number of alkyl halides is 1. The molecular weight excluding hydrogens is 290 g/mol. The molecule has 0 fully saturated rings. The number of nitrogens with zero attached hydrogens (tertiary/aromatic N) is 1. The third-order valence-corrected chi connectivity index (χ3v) is 8.41. The molecular formula is C15H26ClNO2Si. The molecule has 1 aromatic rings. The second-order valence-corrected chi connectivity index (χ2v) is 11.7. The fraction of sp³-hybridized carbons (Fsp3) is 0.667. The first kappa shape index (κ1) is 17.5. The lowest BCUT2D eigenvalue weighted by Crippen LogP contribution is -2.40. The maximum Gasteiger partial charge on any atom is 0.192 e. The van der Waals surface area contributed by atoms with E-state index in [2.05, 4.69) is 38.8 Å². The minimum atomic E-state index is -1.78. The molecule has 0 atom stereocenters. The van der Waals surface area contributed by atoms with Crippen LogP contribution >= 0.6 is 11.6 Å². The summed E-state index contributed by atoms with van der Waals surface area (Å²) in [5.74, 6) is 1.24. The van der Waals surface area contributed by atoms with E-state index in [1.54, 1.807) is 0 Å². The van der Waals surface area contributed by atoms with Gasteiger partial charge in [0.1, 0.15) is 18.1 Å². The number of hydrogen-bond acceptors (Lipinski definition) is 3. The standard InChI is InChI=1S/C15H26ClNO2Si/c1-12-7-8-14(18-10-9-16)13(17-12)11-19-20(5,6)15(2,3)4/h7-8H,9-11H2,1-6H3. The highest BCUT2D eigenvalue weighted by molar-refractivity contribution is 6.74. The normalized spacial score (nSPS) is 12.6. The third-order valence-electron chi connectivity index (χ3n) is 3.78. The number of hydrogen-bond donors (Lipinski definition) is 0. The smallest absolute Gasteiger partial charge is 0.192 e. The van der Waals surface area contributed by atoms with Crippen molar-refractivity contribution in [1.82, 2.24) is 4.98 Å². The summed E-state index contributed by atoms with van der Waals surface area (Å²) in [5.41, 5.74) is 1.83. The van der Waals surface area contributed by atoms with Crippen LogP contribution in [0.3, 0.4) is 0 Å². The van der Waals surface area contributed by atoms with Gasteiger partial charge >= 0.3 is 0 Å². The Bertz CT molecular complexity index is 444. The molecule has 0 unspecified atom stereocenters. The van der Waals surface area contributed by atoms with E-state index in [0.717, 1.165) is 17.1 Å². The van der Waals surface area contributed by atoms with Gasteiger partial charge in [0.25, 0.3) is 0 Å². The van der Waals surface area contributed by atoms with E-state index in [4.69, 9.17) is 20.8 Å². The number of rotatable bonds is 6. The Morgan fingerprint density at radius 3 is 2.45 bits per heavy atom. The molecule has 1 heterocycles. The number of aromatic nitrogens is 1. The van der Waals surface area contributed by atoms with E-state index in [-0.39, 0.29) is 5.04 Å². The molecule has 20 heavy (non-hydrogen) atoms. The van der Waals surface area contributed by atoms with Crippen molar-refractivity contribution in [3.63, 3.8) is 0 Å². The minimum Gasteiger partial charge on any atom is -0.490 e. The van der Waals surface area contributed by atoms with Crippen molar-refractivity contribution in [1.29, 1.82) is 0 Å². The molecule has 0 bridgehead atoms. The van der Waals surface area contributed by atoms with Gasteiger partial charge in [0, 0.05) is 5.69 Å². The zero-order valence-corrected chi connectivity index (χ0v) is 15.2. The Hall–Kier alpha value is -0.583. The Morgan fingerprint density at radius 2 is 1.90 bits per heavy atom. The summed E-state index contributed by atoms with van der Waals surface area (Å²) in [6.45, 7) is 14.1. The molecule has 1 aromatic heterocycles. The van der Waals surface area contributed by atoms with Gasteiger partial charge in [-0.2, -0.15) is 0 Å². The van der Waals surface area contributed by atoms with Crippen LogP contribution in [0.4, 0.5) is 0 Å². The van der Waals surface area contributed by atoms with Crippen LogP contribution in [0.1, 0.15) is 32.2 Å². The first-order valence-electron chi connectivity index (χ1n) is 6.96. The van der Waals surface area contributed by atoms with Crippen molar-refractivity contribution >= 4 is 19.9 Å². The average Bonchev–Trinajstić information content (AvgIpc) is 2.34. The Kier molecular flexibility index (Phi) is 6.04. The fourth-order valence-electron chi connectivity index (χ4n) is 1.45. The van der Waals surface area contributed by atoms with Gasteiger partial charge in [0.15, 0.2) is 8.32 Å². The lowest BCUT2D eigenvalue weighted by molar-refractivity contribution is 0.259. The van der Waals surface area contributed by atoms with Gasteiger partial charge in [0.05, 0.1) is 12.5 Å². The third kappa shape index (κ3) is 4.76. The fourth-order valence-corrected chi connectivity index (χ4v) is 2.45. The molecule has 0 radical (unpaired) electrons. The van der Waals surface area contributed by atoms with E-state index in [9.17, 15) is 0 Å². The van der Waals surface area contributed by atoms with Gasteiger partial charge in [-0.25, -0.2) is 0 Å². The first-order valence-corrected chi connectivity index (χ1v) is 10.4. The van der Waals surface area contributed by atoms with E-state index >= 15 is 0 Å². The molecule has 114 valence electrons. The van der Waals surface area contributed by atoms with Gasteiger partial charge < -0.3 is 9.16 Å². The summed E-state index contributed by atoms with van der Waals surface area (Å²) in [4.78, 5) is 4.54. The van der Waals surface area contributed by atoms with Crippen molar-refractivity contribution in [2.24, 2.45) is 0 Å². The van der Waals surface area contributed by atoms with E-state index in [1.165, 1.54) is 0 Å². The molecule has 0 saturated heterocycles. The molecule has 0 aromatic carbocycles. The maximum atomic E-state index is 6.22. The summed E-state index contributed by atoms with van der Waals surface area (Å²) in [7, 11) is -1.78. The molecule has 0 spiro atoms. The largest absolute Gasteiger partial charge is 0.490 e. The summed E-state index contributed by atoms with van der Waals surface area (Å²) in [6, 6.07) is 3.89. The number of aryl methyl sites for hydroxylation is 1. The zero-order chi connectivity index (χ0) is 15.4. The maximum absolute atomic E-state index is 6.22. The van der Waals surface area contributed by atoms with Crippen molar-refractivity contribution in [3.8, 4) is 5.75 Å². The Balaban J connectivity index is 2.83.